The summed E-state index contributed by atoms with van der Waals surface area (Å²) in [5.74, 6) is 0.0328. The van der Waals surface area contributed by atoms with Crippen molar-refractivity contribution in [2.45, 2.75) is 38.3 Å². The fraction of sp³-hybridized carbons (Fsp3) is 0.375. The number of fused-ring (bicyclic) bond motifs is 1. The van der Waals surface area contributed by atoms with Gasteiger partial charge in [-0.3, -0.25) is 9.59 Å². The lowest BCUT2D eigenvalue weighted by molar-refractivity contribution is -0.122. The van der Waals surface area contributed by atoms with Crippen LogP contribution in [0.25, 0.3) is 0 Å². The Kier molecular flexibility index (Phi) is 3.08. The number of hydrogen-bond donors (Lipinski definition) is 1. The number of Topliss-reactive ketones (excluding diaryl/α,β-unsaturated/α-hetero) is 1. The number of benzene rings is 1. The minimum absolute atomic E-state index is 0.0711. The average Bonchev–Trinajstić information content (AvgIpc) is 2.64. The number of ketones is 1. The van der Waals surface area contributed by atoms with Crippen LogP contribution < -0.4 is 5.73 Å². The van der Waals surface area contributed by atoms with Gasteiger partial charge in [0.1, 0.15) is 0 Å². The molecule has 0 radical (unpaired) electrons. The first-order valence-electron chi connectivity index (χ1n) is 6.95. The van der Waals surface area contributed by atoms with Crippen LogP contribution in [-0.2, 0) is 11.3 Å². The lowest BCUT2D eigenvalue weighted by atomic mass is 10.1. The number of rotatable bonds is 1. The Labute approximate surface area is 118 Å². The van der Waals surface area contributed by atoms with Crippen molar-refractivity contribution in [3.63, 3.8) is 0 Å². The van der Waals surface area contributed by atoms with Crippen molar-refractivity contribution >= 4 is 17.4 Å². The summed E-state index contributed by atoms with van der Waals surface area (Å²) >= 11 is 0. The van der Waals surface area contributed by atoms with Crippen LogP contribution in [0, 0.1) is 0 Å². The molecular formula is C16H18N2O2. The van der Waals surface area contributed by atoms with E-state index in [0.29, 0.717) is 24.2 Å². The van der Waals surface area contributed by atoms with Crippen molar-refractivity contribution < 1.29 is 9.59 Å². The smallest absolute Gasteiger partial charge is 0.255 e. The first-order chi connectivity index (χ1) is 9.58. The molecule has 1 aliphatic carbocycles. The molecule has 1 fully saturated rings. The van der Waals surface area contributed by atoms with Crippen molar-refractivity contribution in [3.8, 4) is 0 Å². The molecule has 1 aromatic rings. The van der Waals surface area contributed by atoms with Gasteiger partial charge in [0, 0.05) is 29.8 Å². The van der Waals surface area contributed by atoms with E-state index >= 15 is 0 Å². The molecule has 0 saturated heterocycles. The van der Waals surface area contributed by atoms with Crippen LogP contribution in [0.5, 0.6) is 0 Å². The monoisotopic (exact) mass is 270 g/mol. The fourth-order valence-electron chi connectivity index (χ4n) is 3.12. The number of amides is 1. The van der Waals surface area contributed by atoms with Gasteiger partial charge in [-0.2, -0.15) is 0 Å². The number of nitrogens with zero attached hydrogens (tertiary/aromatic N) is 1. The molecule has 3 rings (SSSR count). The lowest BCUT2D eigenvalue weighted by Gasteiger charge is -2.25. The number of carbonyl (C=O) groups is 2. The van der Waals surface area contributed by atoms with E-state index in [1.165, 1.54) is 0 Å². The Bertz CT molecular complexity index is 606. The van der Waals surface area contributed by atoms with Crippen molar-refractivity contribution in [2.24, 2.45) is 0 Å². The molecule has 0 spiro atoms. The standard InChI is InChI=1S/C16H18N2O2/c1-10-4-2-7-14(15(19)8-10)18-9-12-11(16(18)20)5-3-6-13(12)17/h3,5-6,14H,1-2,4,7-9,17H2/t14-/m0/s1. The quantitative estimate of drug-likeness (QED) is 0.484. The van der Waals surface area contributed by atoms with Crippen LogP contribution in [0.15, 0.2) is 30.4 Å². The first kappa shape index (κ1) is 12.9. The summed E-state index contributed by atoms with van der Waals surface area (Å²) in [5, 5.41) is 0. The van der Waals surface area contributed by atoms with Gasteiger partial charge in [-0.15, -0.1) is 0 Å². The van der Waals surface area contributed by atoms with Crippen LogP contribution in [0.3, 0.4) is 0 Å². The van der Waals surface area contributed by atoms with Crippen LogP contribution in [-0.4, -0.2) is 22.6 Å². The third-order valence-corrected chi connectivity index (χ3v) is 4.21. The van der Waals surface area contributed by atoms with Crippen molar-refractivity contribution in [1.82, 2.24) is 4.90 Å². The van der Waals surface area contributed by atoms with Crippen LogP contribution in [0.2, 0.25) is 0 Å². The summed E-state index contributed by atoms with van der Waals surface area (Å²) in [6, 6.07) is 5.04. The highest BCUT2D eigenvalue weighted by Gasteiger charge is 2.37. The largest absolute Gasteiger partial charge is 0.398 e. The zero-order chi connectivity index (χ0) is 14.3. The maximum absolute atomic E-state index is 12.5. The predicted molar refractivity (Wildman–Crippen MR) is 77.1 cm³/mol. The number of allylic oxidation sites excluding steroid dienone is 1. The number of nitrogens with two attached hydrogens (primary N) is 1. The molecule has 0 bridgehead atoms. The van der Waals surface area contributed by atoms with Gasteiger partial charge in [-0.05, 0) is 31.4 Å². The molecule has 1 aliphatic heterocycles. The average molecular weight is 270 g/mol. The highest BCUT2D eigenvalue weighted by molar-refractivity contribution is 6.02. The van der Waals surface area contributed by atoms with Crippen molar-refractivity contribution in [1.29, 1.82) is 0 Å². The molecule has 1 aromatic carbocycles. The predicted octanol–water partition coefficient (Wildman–Crippen LogP) is 2.29. The van der Waals surface area contributed by atoms with E-state index < -0.39 is 0 Å². The molecular weight excluding hydrogens is 252 g/mol. The third kappa shape index (κ3) is 2.01. The van der Waals surface area contributed by atoms with Crippen LogP contribution >= 0.6 is 0 Å². The Morgan fingerprint density at radius 2 is 2.10 bits per heavy atom. The Hall–Kier alpha value is -2.10. The van der Waals surface area contributed by atoms with E-state index in [9.17, 15) is 9.59 Å². The van der Waals surface area contributed by atoms with Crippen LogP contribution in [0.4, 0.5) is 5.69 Å². The maximum Gasteiger partial charge on any atom is 0.255 e. The van der Waals surface area contributed by atoms with Gasteiger partial charge in [0.05, 0.1) is 6.04 Å². The Balaban J connectivity index is 1.90. The van der Waals surface area contributed by atoms with Gasteiger partial charge in [0.15, 0.2) is 5.78 Å². The van der Waals surface area contributed by atoms with E-state index in [1.807, 2.05) is 0 Å². The molecule has 2 N–H and O–H groups in total. The van der Waals surface area contributed by atoms with E-state index in [0.717, 1.165) is 30.4 Å². The van der Waals surface area contributed by atoms with E-state index in [1.54, 1.807) is 23.1 Å². The van der Waals surface area contributed by atoms with E-state index in [2.05, 4.69) is 6.58 Å². The van der Waals surface area contributed by atoms with E-state index in [4.69, 9.17) is 5.73 Å². The normalized spacial score (nSPS) is 22.9. The highest BCUT2D eigenvalue weighted by Crippen LogP contribution is 2.32. The Morgan fingerprint density at radius 1 is 1.30 bits per heavy atom. The lowest BCUT2D eigenvalue weighted by Crippen LogP contribution is -2.40. The first-order valence-corrected chi connectivity index (χ1v) is 6.95. The summed E-state index contributed by atoms with van der Waals surface area (Å²) in [6.07, 6.45) is 2.89. The van der Waals surface area contributed by atoms with Gasteiger partial charge in [-0.1, -0.05) is 18.2 Å². The Morgan fingerprint density at radius 3 is 2.85 bits per heavy atom. The number of anilines is 1. The van der Waals surface area contributed by atoms with Gasteiger partial charge in [0.2, 0.25) is 0 Å². The molecule has 0 unspecified atom stereocenters. The van der Waals surface area contributed by atoms with Gasteiger partial charge < -0.3 is 10.6 Å². The molecule has 4 heteroatoms. The van der Waals surface area contributed by atoms with Gasteiger partial charge >= 0.3 is 0 Å². The molecule has 0 aromatic heterocycles. The second-order valence-corrected chi connectivity index (χ2v) is 5.61. The minimum Gasteiger partial charge on any atom is -0.398 e. The summed E-state index contributed by atoms with van der Waals surface area (Å²) in [7, 11) is 0. The van der Waals surface area contributed by atoms with Gasteiger partial charge in [0.25, 0.3) is 5.91 Å². The summed E-state index contributed by atoms with van der Waals surface area (Å²) in [5.41, 5.74) is 9.03. The molecule has 4 nitrogen and oxygen atoms in total. The second kappa shape index (κ2) is 4.78. The number of hydrogen-bond acceptors (Lipinski definition) is 3. The topological polar surface area (TPSA) is 63.4 Å². The maximum atomic E-state index is 12.5. The SMILES string of the molecule is C=C1CCC[C@H](N2Cc3c(N)cccc3C2=O)C(=O)C1. The summed E-state index contributed by atoms with van der Waals surface area (Å²) in [6.45, 7) is 4.36. The fourth-order valence-corrected chi connectivity index (χ4v) is 3.12. The molecule has 1 heterocycles. The number of carbonyl (C=O) groups excluding carboxylic acids is 2. The highest BCUT2D eigenvalue weighted by atomic mass is 16.2. The van der Waals surface area contributed by atoms with Gasteiger partial charge in [-0.25, -0.2) is 0 Å². The zero-order valence-corrected chi connectivity index (χ0v) is 11.4. The zero-order valence-electron chi connectivity index (χ0n) is 11.4. The van der Waals surface area contributed by atoms with Crippen LogP contribution in [0.1, 0.15) is 41.6 Å². The second-order valence-electron chi connectivity index (χ2n) is 5.61. The van der Waals surface area contributed by atoms with Crippen molar-refractivity contribution in [2.75, 3.05) is 5.73 Å². The molecule has 1 saturated carbocycles. The molecule has 1 amide bonds. The molecule has 20 heavy (non-hydrogen) atoms. The minimum atomic E-state index is -0.325. The third-order valence-electron chi connectivity index (χ3n) is 4.21. The molecule has 104 valence electrons. The number of nitrogen functional groups attached to an aromatic ring is 1. The van der Waals surface area contributed by atoms with E-state index in [-0.39, 0.29) is 17.7 Å². The summed E-state index contributed by atoms with van der Waals surface area (Å²) in [4.78, 5) is 26.5. The summed E-state index contributed by atoms with van der Waals surface area (Å²) < 4.78 is 0. The molecule has 1 atom stereocenters. The molecule has 2 aliphatic rings. The van der Waals surface area contributed by atoms with Crippen molar-refractivity contribution in [3.05, 3.63) is 41.5 Å².